The van der Waals surface area contributed by atoms with Crippen molar-refractivity contribution in [1.29, 1.82) is 0 Å². The number of amides is 1. The van der Waals surface area contributed by atoms with Crippen LogP contribution >= 0.6 is 11.3 Å². The van der Waals surface area contributed by atoms with Crippen LogP contribution in [0.25, 0.3) is 0 Å². The maximum absolute atomic E-state index is 12.7. The van der Waals surface area contributed by atoms with Crippen LogP contribution in [0.15, 0.2) is 16.1 Å². The molecule has 4 rings (SSSR count). The first-order valence-electron chi connectivity index (χ1n) is 8.56. The number of thiazole rings is 1. The van der Waals surface area contributed by atoms with E-state index in [4.69, 9.17) is 4.42 Å². The van der Waals surface area contributed by atoms with Crippen molar-refractivity contribution in [3.8, 4) is 0 Å². The van der Waals surface area contributed by atoms with Gasteiger partial charge in [-0.3, -0.25) is 14.7 Å². The number of piperidine rings is 1. The fourth-order valence-electron chi connectivity index (χ4n) is 3.53. The van der Waals surface area contributed by atoms with Gasteiger partial charge in [0.15, 0.2) is 0 Å². The van der Waals surface area contributed by atoms with E-state index in [9.17, 15) is 4.79 Å². The molecule has 2 aromatic heterocycles. The van der Waals surface area contributed by atoms with Gasteiger partial charge in [-0.15, -0.1) is 11.3 Å². The molecule has 7 heteroatoms. The number of fused-ring (bicyclic) bond motifs is 1. The molecule has 0 bridgehead atoms. The largest absolute Gasteiger partial charge is 0.437 e. The van der Waals surface area contributed by atoms with Gasteiger partial charge in [0, 0.05) is 50.2 Å². The zero-order chi connectivity index (χ0) is 16.5. The molecule has 4 heterocycles. The van der Waals surface area contributed by atoms with Crippen LogP contribution in [0.5, 0.6) is 0 Å². The Morgan fingerprint density at radius 3 is 3.17 bits per heavy atom. The van der Waals surface area contributed by atoms with Crippen LogP contribution < -0.4 is 0 Å². The summed E-state index contributed by atoms with van der Waals surface area (Å²) in [5, 5.41) is 0. The summed E-state index contributed by atoms with van der Waals surface area (Å²) < 4.78 is 5.80. The smallest absolute Gasteiger partial charge is 0.309 e. The molecule has 0 spiro atoms. The highest BCUT2D eigenvalue weighted by atomic mass is 32.1. The number of carbonyl (C=O) groups excluding carboxylic acids is 1. The molecule has 2 aliphatic rings. The number of oxazole rings is 1. The van der Waals surface area contributed by atoms with Gasteiger partial charge >= 0.3 is 5.91 Å². The predicted octanol–water partition coefficient (Wildman–Crippen LogP) is 2.56. The Bertz CT molecular complexity index is 712. The third kappa shape index (κ3) is 3.23. The lowest BCUT2D eigenvalue weighted by molar-refractivity contribution is 0.0640. The minimum Gasteiger partial charge on any atom is -0.437 e. The Hall–Kier alpha value is -1.73. The Balaban J connectivity index is 1.45. The number of hydrogen-bond acceptors (Lipinski definition) is 6. The second-order valence-corrected chi connectivity index (χ2v) is 7.79. The molecular formula is C17H22N4O2S. The molecule has 1 atom stereocenters. The summed E-state index contributed by atoms with van der Waals surface area (Å²) in [4.78, 5) is 26.8. The van der Waals surface area contributed by atoms with E-state index in [0.717, 1.165) is 57.0 Å². The summed E-state index contributed by atoms with van der Waals surface area (Å²) in [5.74, 6) is 1.66. The van der Waals surface area contributed by atoms with Crippen LogP contribution in [0.1, 0.15) is 46.8 Å². The van der Waals surface area contributed by atoms with E-state index in [1.807, 2.05) is 16.6 Å². The lowest BCUT2D eigenvalue weighted by atomic mass is 10.0. The molecule has 1 amide bonds. The van der Waals surface area contributed by atoms with Crippen LogP contribution in [0.4, 0.5) is 0 Å². The first kappa shape index (κ1) is 15.8. The van der Waals surface area contributed by atoms with Crippen molar-refractivity contribution in [1.82, 2.24) is 19.8 Å². The summed E-state index contributed by atoms with van der Waals surface area (Å²) in [7, 11) is 0. The van der Waals surface area contributed by atoms with Gasteiger partial charge in [-0.25, -0.2) is 4.98 Å². The van der Waals surface area contributed by atoms with Gasteiger partial charge < -0.3 is 9.32 Å². The second-order valence-electron chi connectivity index (χ2n) is 6.82. The third-order valence-electron chi connectivity index (χ3n) is 4.80. The SMILES string of the molecule is C[C@H]1CCCN(C(=O)c2nc3c(o2)CCN(Cc2cncs2)C3)C1. The average molecular weight is 346 g/mol. The molecule has 24 heavy (non-hydrogen) atoms. The molecule has 1 fully saturated rings. The number of aromatic nitrogens is 2. The maximum Gasteiger partial charge on any atom is 0.309 e. The molecule has 0 unspecified atom stereocenters. The van der Waals surface area contributed by atoms with Gasteiger partial charge in [-0.1, -0.05) is 6.92 Å². The van der Waals surface area contributed by atoms with E-state index >= 15 is 0 Å². The first-order chi connectivity index (χ1) is 11.7. The van der Waals surface area contributed by atoms with Crippen LogP contribution in [-0.2, 0) is 19.5 Å². The lowest BCUT2D eigenvalue weighted by Gasteiger charge is -2.29. The van der Waals surface area contributed by atoms with E-state index < -0.39 is 0 Å². The summed E-state index contributed by atoms with van der Waals surface area (Å²) in [6.07, 6.45) is 4.98. The minimum atomic E-state index is -0.0510. The molecule has 0 saturated carbocycles. The molecule has 0 N–H and O–H groups in total. The van der Waals surface area contributed by atoms with Crippen molar-refractivity contribution >= 4 is 17.2 Å². The highest BCUT2D eigenvalue weighted by molar-refractivity contribution is 7.09. The van der Waals surface area contributed by atoms with Gasteiger partial charge in [-0.2, -0.15) is 0 Å². The van der Waals surface area contributed by atoms with Gasteiger partial charge in [0.25, 0.3) is 5.89 Å². The van der Waals surface area contributed by atoms with Crippen molar-refractivity contribution in [3.05, 3.63) is 33.9 Å². The quantitative estimate of drug-likeness (QED) is 0.855. The van der Waals surface area contributed by atoms with E-state index in [2.05, 4.69) is 21.8 Å². The normalized spacial score (nSPS) is 21.7. The summed E-state index contributed by atoms with van der Waals surface area (Å²) >= 11 is 1.67. The summed E-state index contributed by atoms with van der Waals surface area (Å²) in [6.45, 7) is 6.35. The number of rotatable bonds is 3. The molecule has 0 radical (unpaired) electrons. The molecule has 1 saturated heterocycles. The fraction of sp³-hybridized carbons (Fsp3) is 0.588. The first-order valence-corrected chi connectivity index (χ1v) is 9.44. The molecule has 6 nitrogen and oxygen atoms in total. The Morgan fingerprint density at radius 2 is 2.38 bits per heavy atom. The van der Waals surface area contributed by atoms with E-state index in [0.29, 0.717) is 5.92 Å². The van der Waals surface area contributed by atoms with Gasteiger partial charge in [0.05, 0.1) is 11.2 Å². The minimum absolute atomic E-state index is 0.0510. The zero-order valence-corrected chi connectivity index (χ0v) is 14.7. The molecular weight excluding hydrogens is 324 g/mol. The number of nitrogens with zero attached hydrogens (tertiary/aromatic N) is 4. The van der Waals surface area contributed by atoms with E-state index in [1.54, 1.807) is 11.3 Å². The Labute approximate surface area is 145 Å². The molecule has 2 aromatic rings. The van der Waals surface area contributed by atoms with Gasteiger partial charge in [-0.05, 0) is 18.8 Å². The van der Waals surface area contributed by atoms with Crippen LogP contribution in [0, 0.1) is 5.92 Å². The van der Waals surface area contributed by atoms with Crippen molar-refractivity contribution in [3.63, 3.8) is 0 Å². The highest BCUT2D eigenvalue weighted by Gasteiger charge is 2.29. The molecule has 128 valence electrons. The average Bonchev–Trinajstić information content (AvgIpc) is 3.23. The standard InChI is InChI=1S/C17H22N4O2S/c1-12-3-2-5-21(8-12)17(22)16-19-14-10-20(6-4-15(14)23-16)9-13-7-18-11-24-13/h7,11-12H,2-6,8-10H2,1H3/t12-/m0/s1. The van der Waals surface area contributed by atoms with Crippen LogP contribution in [0.3, 0.4) is 0 Å². The van der Waals surface area contributed by atoms with Crippen molar-refractivity contribution in [2.24, 2.45) is 5.92 Å². The zero-order valence-electron chi connectivity index (χ0n) is 13.9. The highest BCUT2D eigenvalue weighted by Crippen LogP contribution is 2.24. The van der Waals surface area contributed by atoms with Crippen molar-refractivity contribution in [2.45, 2.75) is 39.3 Å². The van der Waals surface area contributed by atoms with Crippen molar-refractivity contribution in [2.75, 3.05) is 19.6 Å². The van der Waals surface area contributed by atoms with E-state index in [-0.39, 0.29) is 11.8 Å². The van der Waals surface area contributed by atoms with Crippen LogP contribution in [0.2, 0.25) is 0 Å². The molecule has 2 aliphatic heterocycles. The number of hydrogen-bond donors (Lipinski definition) is 0. The summed E-state index contributed by atoms with van der Waals surface area (Å²) in [6, 6.07) is 0. The monoisotopic (exact) mass is 346 g/mol. The Morgan fingerprint density at radius 1 is 1.46 bits per heavy atom. The lowest BCUT2D eigenvalue weighted by Crippen LogP contribution is -2.39. The molecule has 0 aliphatic carbocycles. The second kappa shape index (κ2) is 6.64. The Kier molecular flexibility index (Phi) is 4.37. The number of carbonyl (C=O) groups is 1. The van der Waals surface area contributed by atoms with Gasteiger partial charge in [0.1, 0.15) is 5.76 Å². The van der Waals surface area contributed by atoms with E-state index in [1.165, 1.54) is 11.3 Å². The fourth-order valence-corrected chi connectivity index (χ4v) is 4.16. The number of likely N-dealkylation sites (tertiary alicyclic amines) is 1. The predicted molar refractivity (Wildman–Crippen MR) is 90.7 cm³/mol. The topological polar surface area (TPSA) is 62.5 Å². The third-order valence-corrected chi connectivity index (χ3v) is 5.56. The molecule has 0 aromatic carbocycles. The summed E-state index contributed by atoms with van der Waals surface area (Å²) in [5.41, 5.74) is 2.77. The van der Waals surface area contributed by atoms with Gasteiger partial charge in [0.2, 0.25) is 0 Å². The maximum atomic E-state index is 12.7. The van der Waals surface area contributed by atoms with Crippen LogP contribution in [-0.4, -0.2) is 45.3 Å². The van der Waals surface area contributed by atoms with Crippen molar-refractivity contribution < 1.29 is 9.21 Å².